The van der Waals surface area contributed by atoms with Crippen LogP contribution in [-0.2, 0) is 45.6 Å². The van der Waals surface area contributed by atoms with E-state index in [1.807, 2.05) is 80.8 Å². The zero-order valence-corrected chi connectivity index (χ0v) is 38.1. The maximum atomic E-state index is 12.3. The molecule has 0 fully saturated rings. The van der Waals surface area contributed by atoms with E-state index >= 15 is 0 Å². The average molecular weight is 883 g/mol. The lowest BCUT2D eigenvalue weighted by Crippen LogP contribution is -2.16. The van der Waals surface area contributed by atoms with Gasteiger partial charge in [-0.25, -0.2) is 19.9 Å². The van der Waals surface area contributed by atoms with E-state index in [0.29, 0.717) is 16.7 Å². The summed E-state index contributed by atoms with van der Waals surface area (Å²) in [6.45, 7) is 29.7. The molecule has 0 aliphatic rings. The zero-order chi connectivity index (χ0) is 48.2. The van der Waals surface area contributed by atoms with Crippen molar-refractivity contribution in [2.45, 2.75) is 149 Å². The normalized spacial score (nSPS) is 12.5. The molecule has 8 nitrogen and oxygen atoms in total. The van der Waals surface area contributed by atoms with Crippen molar-refractivity contribution in [3.63, 3.8) is 0 Å². The molecular formula is C45H59F9N8. The molecule has 0 amide bonds. The summed E-state index contributed by atoms with van der Waals surface area (Å²) in [6.07, 6.45) is 1.60. The van der Waals surface area contributed by atoms with Crippen molar-refractivity contribution < 1.29 is 39.5 Å². The molecule has 0 bridgehead atoms. The molecule has 5 aromatic heterocycles. The summed E-state index contributed by atoms with van der Waals surface area (Å²) < 4.78 is 110. The van der Waals surface area contributed by atoms with Crippen LogP contribution in [0, 0.1) is 0 Å². The minimum atomic E-state index is -4.46. The Kier molecular flexibility index (Phi) is 18.9. The Morgan fingerprint density at radius 2 is 0.758 bits per heavy atom. The fourth-order valence-corrected chi connectivity index (χ4v) is 4.34. The summed E-state index contributed by atoms with van der Waals surface area (Å²) in [4.78, 5) is 21.3. The first-order chi connectivity index (χ1) is 27.8. The summed E-state index contributed by atoms with van der Waals surface area (Å²) in [5, 5.41) is 7.51. The number of halogens is 9. The largest absolute Gasteiger partial charge is 0.451 e. The Morgan fingerprint density at radius 3 is 1.11 bits per heavy atom. The van der Waals surface area contributed by atoms with Crippen LogP contribution >= 0.6 is 0 Å². The second kappa shape index (κ2) is 21.3. The average Bonchev–Trinajstić information content (AvgIpc) is 3.14. The molecule has 0 aliphatic heterocycles. The standard InChI is InChI=1S/2C10H12F3N.C9H11F3N2.2C8H12N2/c1-9(2,3)7-4-8(6-14-5-7)10(11,12)13;1-9(2,3)7-4-5-14-8(6-7)10(11,12)13;1-8(2,3)6-4-13-7(14-5-6)9(10,11)12;1-8(2,3)7-4-9-6-10-5-7;1-8(2,3)7-4-5-9-10-6-7/h2*4-6H,1-3H3;4-5H,1-3H3;2*4-6H,1-3H3. The van der Waals surface area contributed by atoms with Gasteiger partial charge in [0.25, 0.3) is 0 Å². The van der Waals surface area contributed by atoms with Crippen LogP contribution in [0.25, 0.3) is 0 Å². The Morgan fingerprint density at radius 1 is 0.339 bits per heavy atom. The van der Waals surface area contributed by atoms with E-state index < -0.39 is 35.6 Å². The van der Waals surface area contributed by atoms with Gasteiger partial charge in [0.15, 0.2) is 0 Å². The first-order valence-electron chi connectivity index (χ1n) is 19.3. The Bertz CT molecular complexity index is 1840. The molecule has 0 radical (unpaired) electrons. The van der Waals surface area contributed by atoms with Crippen LogP contribution in [0.4, 0.5) is 39.5 Å². The quantitative estimate of drug-likeness (QED) is 0.142. The Balaban J connectivity index is 0.000000390. The highest BCUT2D eigenvalue weighted by Crippen LogP contribution is 2.33. The third-order valence-corrected chi connectivity index (χ3v) is 8.50. The minimum Gasteiger partial charge on any atom is -0.264 e. The van der Waals surface area contributed by atoms with Crippen LogP contribution in [0.2, 0.25) is 0 Å². The SMILES string of the molecule is CC(C)(C)c1ccnc(C(F)(F)F)c1.CC(C)(C)c1ccnnc1.CC(C)(C)c1cnc(C(F)(F)F)nc1.CC(C)(C)c1cncc(C(F)(F)F)c1.CC(C)(C)c1cncnc1. The predicted octanol–water partition coefficient (Wildman–Crippen LogP) is 13.1. The van der Waals surface area contributed by atoms with Crippen molar-refractivity contribution in [3.05, 3.63) is 131 Å². The summed E-state index contributed by atoms with van der Waals surface area (Å²) in [5.41, 5.74) is 2.32. The van der Waals surface area contributed by atoms with Gasteiger partial charge in [0.2, 0.25) is 5.82 Å². The lowest BCUT2D eigenvalue weighted by atomic mass is 9.87. The molecule has 5 rings (SSSR count). The second-order valence-electron chi connectivity index (χ2n) is 19.2. The monoisotopic (exact) mass is 882 g/mol. The molecule has 0 atom stereocenters. The third kappa shape index (κ3) is 20.2. The Hall–Kier alpha value is -5.09. The van der Waals surface area contributed by atoms with Gasteiger partial charge in [-0.1, -0.05) is 104 Å². The molecule has 342 valence electrons. The van der Waals surface area contributed by atoms with Gasteiger partial charge in [0.05, 0.1) is 11.8 Å². The van der Waals surface area contributed by atoms with E-state index in [1.165, 1.54) is 35.9 Å². The predicted molar refractivity (Wildman–Crippen MR) is 223 cm³/mol. The maximum absolute atomic E-state index is 12.3. The van der Waals surface area contributed by atoms with Crippen molar-refractivity contribution >= 4 is 0 Å². The minimum absolute atomic E-state index is 0.168. The lowest BCUT2D eigenvalue weighted by Gasteiger charge is -2.19. The second-order valence-corrected chi connectivity index (χ2v) is 19.2. The van der Waals surface area contributed by atoms with Gasteiger partial charge in [-0.05, 0) is 79.2 Å². The molecule has 0 N–H and O–H groups in total. The Labute approximate surface area is 359 Å². The van der Waals surface area contributed by atoms with Crippen molar-refractivity contribution in [1.82, 2.24) is 40.1 Å². The summed E-state index contributed by atoms with van der Waals surface area (Å²) in [5.74, 6) is -1.09. The number of hydrogen-bond donors (Lipinski definition) is 0. The van der Waals surface area contributed by atoms with Crippen molar-refractivity contribution in [1.29, 1.82) is 0 Å². The number of aromatic nitrogens is 8. The summed E-state index contributed by atoms with van der Waals surface area (Å²) in [7, 11) is 0. The lowest BCUT2D eigenvalue weighted by molar-refractivity contribution is -0.145. The molecule has 62 heavy (non-hydrogen) atoms. The number of hydrogen-bond acceptors (Lipinski definition) is 8. The zero-order valence-electron chi connectivity index (χ0n) is 38.1. The molecular weight excluding hydrogens is 824 g/mol. The van der Waals surface area contributed by atoms with Crippen LogP contribution in [0.5, 0.6) is 0 Å². The first kappa shape index (κ1) is 54.9. The molecule has 0 spiro atoms. The van der Waals surface area contributed by atoms with Gasteiger partial charge in [-0.3, -0.25) is 9.97 Å². The summed E-state index contributed by atoms with van der Waals surface area (Å²) >= 11 is 0. The molecule has 0 aliphatic carbocycles. The van der Waals surface area contributed by atoms with Crippen LogP contribution in [0.1, 0.15) is 149 Å². The van der Waals surface area contributed by atoms with E-state index in [1.54, 1.807) is 24.8 Å². The van der Waals surface area contributed by atoms with E-state index in [2.05, 4.69) is 81.6 Å². The molecule has 0 saturated carbocycles. The number of rotatable bonds is 0. The van der Waals surface area contributed by atoms with Gasteiger partial charge in [-0.15, -0.1) is 0 Å². The van der Waals surface area contributed by atoms with E-state index in [4.69, 9.17) is 0 Å². The number of nitrogens with zero attached hydrogens (tertiary/aromatic N) is 8. The molecule has 17 heteroatoms. The smallest absolute Gasteiger partial charge is 0.264 e. The van der Waals surface area contributed by atoms with Crippen molar-refractivity contribution in [2.75, 3.05) is 0 Å². The molecule has 0 aromatic carbocycles. The van der Waals surface area contributed by atoms with Crippen LogP contribution < -0.4 is 0 Å². The first-order valence-corrected chi connectivity index (χ1v) is 19.3. The van der Waals surface area contributed by atoms with Gasteiger partial charge >= 0.3 is 18.5 Å². The number of alkyl halides is 9. The molecule has 0 saturated heterocycles. The van der Waals surface area contributed by atoms with E-state index in [9.17, 15) is 39.5 Å². The molecule has 5 aromatic rings. The third-order valence-electron chi connectivity index (χ3n) is 8.50. The fourth-order valence-electron chi connectivity index (χ4n) is 4.34. The van der Waals surface area contributed by atoms with Crippen LogP contribution in [-0.4, -0.2) is 40.1 Å². The van der Waals surface area contributed by atoms with Crippen LogP contribution in [0.3, 0.4) is 0 Å². The highest BCUT2D eigenvalue weighted by atomic mass is 19.4. The van der Waals surface area contributed by atoms with Gasteiger partial charge in [-0.2, -0.15) is 49.7 Å². The number of pyridine rings is 2. The highest BCUT2D eigenvalue weighted by molar-refractivity contribution is 5.26. The van der Waals surface area contributed by atoms with Crippen molar-refractivity contribution in [2.24, 2.45) is 0 Å². The van der Waals surface area contributed by atoms with Crippen molar-refractivity contribution in [3.8, 4) is 0 Å². The maximum Gasteiger partial charge on any atom is 0.451 e. The van der Waals surface area contributed by atoms with E-state index in [-0.39, 0.29) is 27.1 Å². The molecule has 5 heterocycles. The highest BCUT2D eigenvalue weighted by Gasteiger charge is 2.35. The van der Waals surface area contributed by atoms with Crippen LogP contribution in [0.15, 0.2) is 86.4 Å². The van der Waals surface area contributed by atoms with E-state index in [0.717, 1.165) is 18.3 Å². The van der Waals surface area contributed by atoms with Gasteiger partial charge in [0, 0.05) is 49.6 Å². The van der Waals surface area contributed by atoms with Gasteiger partial charge in [0.1, 0.15) is 12.0 Å². The molecule has 0 unspecified atom stereocenters. The summed E-state index contributed by atoms with van der Waals surface area (Å²) in [6, 6.07) is 5.84. The topological polar surface area (TPSA) is 103 Å². The fraction of sp³-hybridized carbons (Fsp3) is 0.511. The van der Waals surface area contributed by atoms with Gasteiger partial charge < -0.3 is 0 Å².